The van der Waals surface area contributed by atoms with Crippen LogP contribution in [0, 0.1) is 0 Å². The van der Waals surface area contributed by atoms with Crippen molar-refractivity contribution in [2.45, 2.75) is 38.9 Å². The summed E-state index contributed by atoms with van der Waals surface area (Å²) >= 11 is 0. The Hall–Kier alpha value is -1.03. The lowest BCUT2D eigenvalue weighted by Gasteiger charge is -2.30. The molecule has 26 heavy (non-hydrogen) atoms. The maximum Gasteiger partial charge on any atom is 0.390 e. The molecule has 0 aliphatic heterocycles. The molecule has 0 heterocycles. The number of hydrogen-bond donors (Lipinski definition) is 2. The second kappa shape index (κ2) is 13.2. The highest BCUT2D eigenvalue weighted by molar-refractivity contribution is 14.0. The van der Waals surface area contributed by atoms with Gasteiger partial charge in [0.25, 0.3) is 0 Å². The minimum Gasteiger partial charge on any atom is -0.356 e. The summed E-state index contributed by atoms with van der Waals surface area (Å²) in [5, 5.41) is 5.88. The van der Waals surface area contributed by atoms with Crippen molar-refractivity contribution in [1.29, 1.82) is 0 Å². The molecule has 0 aliphatic rings. The fourth-order valence-electron chi connectivity index (χ4n) is 2.71. The van der Waals surface area contributed by atoms with Crippen LogP contribution < -0.4 is 10.6 Å². The van der Waals surface area contributed by atoms with Crippen LogP contribution in [0.4, 0.5) is 13.2 Å². The van der Waals surface area contributed by atoms with E-state index in [9.17, 15) is 13.2 Å². The number of alkyl halides is 3. The van der Waals surface area contributed by atoms with Gasteiger partial charge in [-0.1, -0.05) is 44.2 Å². The molecule has 150 valence electrons. The Balaban J connectivity index is 0.00000625. The van der Waals surface area contributed by atoms with Crippen molar-refractivity contribution in [2.24, 2.45) is 4.99 Å². The summed E-state index contributed by atoms with van der Waals surface area (Å²) in [6.45, 7) is 6.47. The molecule has 0 spiro atoms. The summed E-state index contributed by atoms with van der Waals surface area (Å²) in [6, 6.07) is 10.4. The number of rotatable bonds is 9. The van der Waals surface area contributed by atoms with Crippen molar-refractivity contribution in [3.05, 3.63) is 35.9 Å². The molecule has 1 rings (SSSR count). The van der Waals surface area contributed by atoms with Gasteiger partial charge in [-0.05, 0) is 25.1 Å². The van der Waals surface area contributed by atoms with Gasteiger partial charge in [0, 0.05) is 26.2 Å². The average Bonchev–Trinajstić information content (AvgIpc) is 2.58. The van der Waals surface area contributed by atoms with E-state index in [0.29, 0.717) is 12.5 Å². The fourth-order valence-corrected chi connectivity index (χ4v) is 2.71. The van der Waals surface area contributed by atoms with Crippen molar-refractivity contribution in [3.8, 4) is 0 Å². The number of benzene rings is 1. The SMILES string of the molecule is CCN(CC)C(CNC(=NC)NCCC(F)(F)F)Cc1ccccc1.I. The summed E-state index contributed by atoms with van der Waals surface area (Å²) < 4.78 is 36.8. The van der Waals surface area contributed by atoms with E-state index in [1.165, 1.54) is 5.56 Å². The van der Waals surface area contributed by atoms with E-state index in [0.717, 1.165) is 19.5 Å². The minimum absolute atomic E-state index is 0. The third kappa shape index (κ3) is 10.2. The summed E-state index contributed by atoms with van der Waals surface area (Å²) in [5.41, 5.74) is 1.24. The quantitative estimate of drug-likeness (QED) is 0.318. The smallest absolute Gasteiger partial charge is 0.356 e. The van der Waals surface area contributed by atoms with Crippen molar-refractivity contribution in [3.63, 3.8) is 0 Å². The average molecular weight is 486 g/mol. The highest BCUT2D eigenvalue weighted by atomic mass is 127. The Bertz CT molecular complexity index is 505. The first kappa shape index (κ1) is 25.0. The molecule has 0 saturated carbocycles. The number of guanidine groups is 1. The van der Waals surface area contributed by atoms with Gasteiger partial charge < -0.3 is 10.6 Å². The normalized spacial score (nSPS) is 13.3. The molecule has 0 aromatic heterocycles. The van der Waals surface area contributed by atoms with Gasteiger partial charge in [0.1, 0.15) is 0 Å². The zero-order chi connectivity index (χ0) is 18.7. The Morgan fingerprint density at radius 1 is 1.12 bits per heavy atom. The molecular weight excluding hydrogens is 456 g/mol. The highest BCUT2D eigenvalue weighted by Gasteiger charge is 2.26. The summed E-state index contributed by atoms with van der Waals surface area (Å²) in [7, 11) is 1.56. The first-order chi connectivity index (χ1) is 11.9. The van der Waals surface area contributed by atoms with E-state index in [1.807, 2.05) is 18.2 Å². The van der Waals surface area contributed by atoms with E-state index >= 15 is 0 Å². The zero-order valence-electron chi connectivity index (χ0n) is 15.6. The Labute approximate surface area is 171 Å². The van der Waals surface area contributed by atoms with E-state index in [-0.39, 0.29) is 36.6 Å². The van der Waals surface area contributed by atoms with E-state index in [1.54, 1.807) is 7.05 Å². The van der Waals surface area contributed by atoms with Crippen LogP contribution in [0.25, 0.3) is 0 Å². The molecule has 1 atom stereocenters. The third-order valence-electron chi connectivity index (χ3n) is 4.07. The first-order valence-corrected chi connectivity index (χ1v) is 8.68. The summed E-state index contributed by atoms with van der Waals surface area (Å²) in [4.78, 5) is 6.34. The van der Waals surface area contributed by atoms with Gasteiger partial charge in [-0.2, -0.15) is 13.2 Å². The van der Waals surface area contributed by atoms with Crippen LogP contribution in [0.3, 0.4) is 0 Å². The second-order valence-corrected chi connectivity index (χ2v) is 5.81. The van der Waals surface area contributed by atoms with Crippen molar-refractivity contribution >= 4 is 29.9 Å². The van der Waals surface area contributed by atoms with Gasteiger partial charge in [0.05, 0.1) is 6.42 Å². The minimum atomic E-state index is -4.16. The monoisotopic (exact) mass is 486 g/mol. The molecule has 1 aromatic carbocycles. The van der Waals surface area contributed by atoms with Gasteiger partial charge in [-0.3, -0.25) is 9.89 Å². The van der Waals surface area contributed by atoms with E-state index < -0.39 is 12.6 Å². The van der Waals surface area contributed by atoms with Crippen molar-refractivity contribution in [2.75, 3.05) is 33.2 Å². The van der Waals surface area contributed by atoms with Crippen molar-refractivity contribution < 1.29 is 13.2 Å². The molecule has 2 N–H and O–H groups in total. The Morgan fingerprint density at radius 2 is 1.73 bits per heavy atom. The van der Waals surface area contributed by atoms with Gasteiger partial charge in [-0.25, -0.2) is 0 Å². The van der Waals surface area contributed by atoms with Crippen molar-refractivity contribution in [1.82, 2.24) is 15.5 Å². The maximum absolute atomic E-state index is 12.3. The summed E-state index contributed by atoms with van der Waals surface area (Å²) in [6.07, 6.45) is -4.17. The van der Waals surface area contributed by atoms with Crippen LogP contribution in [-0.4, -0.2) is 56.3 Å². The number of hydrogen-bond acceptors (Lipinski definition) is 2. The molecule has 0 fully saturated rings. The predicted octanol–water partition coefficient (Wildman–Crippen LogP) is 3.67. The van der Waals surface area contributed by atoms with Gasteiger partial charge in [-0.15, -0.1) is 24.0 Å². The number of halogens is 4. The fraction of sp³-hybridized carbons (Fsp3) is 0.611. The van der Waals surface area contributed by atoms with Crippen LogP contribution in [0.15, 0.2) is 35.3 Å². The number of likely N-dealkylation sites (N-methyl/N-ethyl adjacent to an activating group) is 1. The van der Waals surface area contributed by atoms with E-state index in [2.05, 4.69) is 46.5 Å². The van der Waals surface area contributed by atoms with Crippen LogP contribution in [0.2, 0.25) is 0 Å². The van der Waals surface area contributed by atoms with Gasteiger partial charge in [0.2, 0.25) is 0 Å². The largest absolute Gasteiger partial charge is 0.390 e. The molecule has 0 radical (unpaired) electrons. The van der Waals surface area contributed by atoms with Gasteiger partial charge in [0.15, 0.2) is 5.96 Å². The molecule has 0 bridgehead atoms. The maximum atomic E-state index is 12.3. The molecule has 0 saturated heterocycles. The molecule has 1 aromatic rings. The Kier molecular flexibility index (Phi) is 12.7. The van der Waals surface area contributed by atoms with Crippen LogP contribution in [-0.2, 0) is 6.42 Å². The third-order valence-corrected chi connectivity index (χ3v) is 4.07. The molecule has 8 heteroatoms. The number of nitrogens with zero attached hydrogens (tertiary/aromatic N) is 2. The lowest BCUT2D eigenvalue weighted by Crippen LogP contribution is -2.48. The highest BCUT2D eigenvalue weighted by Crippen LogP contribution is 2.18. The molecule has 4 nitrogen and oxygen atoms in total. The number of nitrogens with one attached hydrogen (secondary N) is 2. The Morgan fingerprint density at radius 3 is 2.23 bits per heavy atom. The standard InChI is InChI=1S/C18H29F3N4.HI/c1-4-25(5-2)16(13-15-9-7-6-8-10-15)14-24-17(22-3)23-12-11-18(19,20)21;/h6-10,16H,4-5,11-14H2,1-3H3,(H2,22,23,24);1H. The topological polar surface area (TPSA) is 39.7 Å². The van der Waals surface area contributed by atoms with Crippen LogP contribution in [0.1, 0.15) is 25.8 Å². The second-order valence-electron chi connectivity index (χ2n) is 5.81. The lowest BCUT2D eigenvalue weighted by molar-refractivity contribution is -0.132. The lowest BCUT2D eigenvalue weighted by atomic mass is 10.0. The summed E-state index contributed by atoms with van der Waals surface area (Å²) in [5.74, 6) is 0.398. The van der Waals surface area contributed by atoms with Crippen LogP contribution in [0.5, 0.6) is 0 Å². The molecule has 0 amide bonds. The predicted molar refractivity (Wildman–Crippen MR) is 112 cm³/mol. The first-order valence-electron chi connectivity index (χ1n) is 8.68. The molecular formula is C18H30F3IN4. The van der Waals surface area contributed by atoms with E-state index in [4.69, 9.17) is 0 Å². The van der Waals surface area contributed by atoms with Crippen LogP contribution >= 0.6 is 24.0 Å². The van der Waals surface area contributed by atoms with Gasteiger partial charge >= 0.3 is 6.18 Å². The number of aliphatic imine (C=N–C) groups is 1. The zero-order valence-corrected chi connectivity index (χ0v) is 18.0. The molecule has 1 unspecified atom stereocenters. The molecule has 0 aliphatic carbocycles.